The van der Waals surface area contributed by atoms with E-state index < -0.39 is 0 Å². The van der Waals surface area contributed by atoms with E-state index in [0.717, 1.165) is 16.1 Å². The Balaban J connectivity index is 1.75. The summed E-state index contributed by atoms with van der Waals surface area (Å²) in [5.74, 6) is -0.462. The van der Waals surface area contributed by atoms with Crippen molar-refractivity contribution in [1.82, 2.24) is 14.8 Å². The average Bonchev–Trinajstić information content (AvgIpc) is 3.41. The molecule has 176 valence electrons. The molecule has 0 fully saturated rings. The zero-order chi connectivity index (χ0) is 24.6. The van der Waals surface area contributed by atoms with Gasteiger partial charge in [0.2, 0.25) is 5.91 Å². The number of fused-ring (bicyclic) bond motifs is 1. The number of hydrogen-bond donors (Lipinski definition) is 2. The van der Waals surface area contributed by atoms with Crippen molar-refractivity contribution in [2.24, 2.45) is 5.92 Å². The molecule has 0 spiro atoms. The Morgan fingerprint density at radius 2 is 1.76 bits per heavy atom. The van der Waals surface area contributed by atoms with Crippen molar-refractivity contribution in [2.75, 3.05) is 10.6 Å². The number of anilines is 2. The van der Waals surface area contributed by atoms with Gasteiger partial charge in [0, 0.05) is 28.2 Å². The number of nitrogens with zero attached hydrogens (tertiary/aromatic N) is 3. The minimum atomic E-state index is -0.249. The maximum Gasteiger partial charge on any atom is 0.256 e. The fourth-order valence-electron chi connectivity index (χ4n) is 3.59. The number of hydrogen-bond acceptors (Lipinski definition) is 5. The molecular formula is C26H29N5O2S. The van der Waals surface area contributed by atoms with E-state index in [2.05, 4.69) is 15.7 Å². The standard InChI is InChI=1S/C26H29N5O2S/c1-14(2)25(32)28-18-9-7-16(5)21(11-18)30-26(33)19-12-22(23-10-8-17(6)34-23)29-24-20(19)13-27-31(24)15(3)4/h7-15H,1-6H3,(H,28,32)(H,30,33). The van der Waals surface area contributed by atoms with Gasteiger partial charge in [-0.1, -0.05) is 19.9 Å². The summed E-state index contributed by atoms with van der Waals surface area (Å²) in [5, 5.41) is 11.1. The smallest absolute Gasteiger partial charge is 0.256 e. The topological polar surface area (TPSA) is 88.9 Å². The van der Waals surface area contributed by atoms with Gasteiger partial charge in [-0.05, 0) is 63.6 Å². The van der Waals surface area contributed by atoms with Gasteiger partial charge in [0.15, 0.2) is 5.65 Å². The van der Waals surface area contributed by atoms with Gasteiger partial charge in [0.25, 0.3) is 5.91 Å². The van der Waals surface area contributed by atoms with Gasteiger partial charge in [0.05, 0.1) is 27.7 Å². The van der Waals surface area contributed by atoms with E-state index in [1.54, 1.807) is 23.6 Å². The summed E-state index contributed by atoms with van der Waals surface area (Å²) >= 11 is 1.64. The van der Waals surface area contributed by atoms with Crippen molar-refractivity contribution < 1.29 is 9.59 Å². The quantitative estimate of drug-likeness (QED) is 0.347. The van der Waals surface area contributed by atoms with E-state index in [-0.39, 0.29) is 23.8 Å². The van der Waals surface area contributed by atoms with Crippen LogP contribution in [0.1, 0.15) is 54.5 Å². The molecule has 0 saturated carbocycles. The van der Waals surface area contributed by atoms with Crippen LogP contribution >= 0.6 is 11.3 Å². The highest BCUT2D eigenvalue weighted by atomic mass is 32.1. The van der Waals surface area contributed by atoms with Gasteiger partial charge in [-0.25, -0.2) is 9.67 Å². The largest absolute Gasteiger partial charge is 0.326 e. The van der Waals surface area contributed by atoms with E-state index in [1.807, 2.05) is 76.6 Å². The molecule has 0 aliphatic heterocycles. The molecule has 34 heavy (non-hydrogen) atoms. The molecule has 3 aromatic heterocycles. The first kappa shape index (κ1) is 23.6. The molecule has 7 nitrogen and oxygen atoms in total. The molecule has 2 N–H and O–H groups in total. The number of aromatic nitrogens is 3. The number of thiophene rings is 1. The Morgan fingerprint density at radius 3 is 2.41 bits per heavy atom. The second kappa shape index (κ2) is 9.38. The van der Waals surface area contributed by atoms with Crippen LogP contribution < -0.4 is 10.6 Å². The lowest BCUT2D eigenvalue weighted by Crippen LogP contribution is -2.18. The molecule has 0 aliphatic rings. The Bertz CT molecular complexity index is 1380. The summed E-state index contributed by atoms with van der Waals surface area (Å²) in [6, 6.07) is 11.5. The van der Waals surface area contributed by atoms with Crippen LogP contribution in [0.4, 0.5) is 11.4 Å². The molecule has 0 unspecified atom stereocenters. The van der Waals surface area contributed by atoms with Crippen LogP contribution in [0.2, 0.25) is 0 Å². The number of benzene rings is 1. The molecule has 4 aromatic rings. The van der Waals surface area contributed by atoms with Gasteiger partial charge < -0.3 is 10.6 Å². The van der Waals surface area contributed by atoms with E-state index >= 15 is 0 Å². The van der Waals surface area contributed by atoms with E-state index in [0.29, 0.717) is 28.0 Å². The maximum absolute atomic E-state index is 13.5. The van der Waals surface area contributed by atoms with Crippen molar-refractivity contribution in [1.29, 1.82) is 0 Å². The van der Waals surface area contributed by atoms with Gasteiger partial charge >= 0.3 is 0 Å². The second-order valence-electron chi connectivity index (χ2n) is 9.01. The van der Waals surface area contributed by atoms with Gasteiger partial charge in [-0.2, -0.15) is 5.10 Å². The monoisotopic (exact) mass is 475 g/mol. The number of pyridine rings is 1. The summed E-state index contributed by atoms with van der Waals surface area (Å²) in [6.45, 7) is 11.7. The molecule has 0 atom stereocenters. The molecule has 3 heterocycles. The Kier molecular flexibility index (Phi) is 6.52. The lowest BCUT2D eigenvalue weighted by Gasteiger charge is -2.14. The molecule has 0 aliphatic carbocycles. The third kappa shape index (κ3) is 4.72. The zero-order valence-corrected chi connectivity index (χ0v) is 21.1. The van der Waals surface area contributed by atoms with E-state index in [4.69, 9.17) is 4.98 Å². The molecular weight excluding hydrogens is 446 g/mol. The van der Waals surface area contributed by atoms with Crippen molar-refractivity contribution >= 4 is 45.6 Å². The Morgan fingerprint density at radius 1 is 1.00 bits per heavy atom. The predicted octanol–water partition coefficient (Wildman–Crippen LogP) is 6.20. The summed E-state index contributed by atoms with van der Waals surface area (Å²) in [6.07, 6.45) is 1.70. The summed E-state index contributed by atoms with van der Waals surface area (Å²) in [7, 11) is 0. The lowest BCUT2D eigenvalue weighted by atomic mass is 10.1. The highest BCUT2D eigenvalue weighted by Gasteiger charge is 2.20. The van der Waals surface area contributed by atoms with Crippen LogP contribution in [0.3, 0.4) is 0 Å². The van der Waals surface area contributed by atoms with Gasteiger partial charge in [-0.3, -0.25) is 9.59 Å². The zero-order valence-electron chi connectivity index (χ0n) is 20.3. The molecule has 4 rings (SSSR count). The van der Waals surface area contributed by atoms with Crippen molar-refractivity contribution in [2.45, 2.75) is 47.6 Å². The van der Waals surface area contributed by atoms with E-state index in [9.17, 15) is 9.59 Å². The number of aryl methyl sites for hydroxylation is 2. The first-order valence-electron chi connectivity index (χ1n) is 11.3. The summed E-state index contributed by atoms with van der Waals surface area (Å²) in [4.78, 5) is 32.7. The van der Waals surface area contributed by atoms with Gasteiger partial charge in [0.1, 0.15) is 0 Å². The van der Waals surface area contributed by atoms with Crippen LogP contribution in [-0.2, 0) is 4.79 Å². The summed E-state index contributed by atoms with van der Waals surface area (Å²) in [5.41, 5.74) is 4.11. The lowest BCUT2D eigenvalue weighted by molar-refractivity contribution is -0.118. The maximum atomic E-state index is 13.5. The molecule has 1 aromatic carbocycles. The van der Waals surface area contributed by atoms with E-state index in [1.165, 1.54) is 4.88 Å². The number of carbonyl (C=O) groups is 2. The second-order valence-corrected chi connectivity index (χ2v) is 10.3. The Hall–Kier alpha value is -3.52. The predicted molar refractivity (Wildman–Crippen MR) is 139 cm³/mol. The molecule has 0 saturated heterocycles. The highest BCUT2D eigenvalue weighted by molar-refractivity contribution is 7.15. The fraction of sp³-hybridized carbons (Fsp3) is 0.308. The van der Waals surface area contributed by atoms with Crippen LogP contribution in [-0.4, -0.2) is 26.6 Å². The number of carbonyl (C=O) groups excluding carboxylic acids is 2. The minimum Gasteiger partial charge on any atom is -0.326 e. The summed E-state index contributed by atoms with van der Waals surface area (Å²) < 4.78 is 1.84. The first-order chi connectivity index (χ1) is 16.1. The molecule has 0 bridgehead atoms. The van der Waals surface area contributed by atoms with Crippen molar-refractivity contribution in [3.8, 4) is 10.6 Å². The van der Waals surface area contributed by atoms with Crippen molar-refractivity contribution in [3.63, 3.8) is 0 Å². The molecule has 8 heteroatoms. The number of amides is 2. The van der Waals surface area contributed by atoms with Crippen molar-refractivity contribution in [3.05, 3.63) is 58.6 Å². The van der Waals surface area contributed by atoms with Crippen LogP contribution in [0, 0.1) is 19.8 Å². The highest BCUT2D eigenvalue weighted by Crippen LogP contribution is 2.31. The Labute approximate surface area is 203 Å². The van der Waals surface area contributed by atoms with Gasteiger partial charge in [-0.15, -0.1) is 11.3 Å². The normalized spacial score (nSPS) is 11.4. The average molecular weight is 476 g/mol. The van der Waals surface area contributed by atoms with Crippen LogP contribution in [0.15, 0.2) is 42.6 Å². The fourth-order valence-corrected chi connectivity index (χ4v) is 4.42. The minimum absolute atomic E-state index is 0.0750. The van der Waals surface area contributed by atoms with Crippen LogP contribution in [0.25, 0.3) is 21.6 Å². The third-order valence-electron chi connectivity index (χ3n) is 5.57. The van der Waals surface area contributed by atoms with Crippen LogP contribution in [0.5, 0.6) is 0 Å². The third-order valence-corrected chi connectivity index (χ3v) is 6.59. The SMILES string of the molecule is Cc1ccc(-c2cc(C(=O)Nc3cc(NC(=O)C(C)C)ccc3C)c3cnn(C(C)C)c3n2)s1. The molecule has 2 amide bonds. The number of nitrogens with one attached hydrogen (secondary N) is 2. The first-order valence-corrected chi connectivity index (χ1v) is 12.1. The number of rotatable bonds is 6. The molecule has 0 radical (unpaired) electrons.